The smallest absolute Gasteiger partial charge is 0.264 e. The number of benzene rings is 2. The third-order valence-corrected chi connectivity index (χ3v) is 8.19. The molecular weight excluding hydrogens is 448 g/mol. The molecule has 2 aromatic carbocycles. The molecule has 1 saturated heterocycles. The van der Waals surface area contributed by atoms with E-state index in [1.54, 1.807) is 42.6 Å². The number of para-hydroxylation sites is 1. The first-order valence-corrected chi connectivity index (χ1v) is 13.3. The molecule has 8 heteroatoms. The van der Waals surface area contributed by atoms with Gasteiger partial charge in [0.25, 0.3) is 15.9 Å². The molecule has 5 rings (SSSR count). The highest BCUT2D eigenvalue weighted by Crippen LogP contribution is 2.31. The molecule has 1 saturated carbocycles. The van der Waals surface area contributed by atoms with E-state index in [1.807, 2.05) is 24.0 Å². The zero-order chi connectivity index (χ0) is 23.9. The number of rotatable bonds is 6. The molecule has 1 amide bonds. The van der Waals surface area contributed by atoms with Crippen LogP contribution in [0.1, 0.15) is 35.7 Å². The van der Waals surface area contributed by atoms with E-state index in [0.717, 1.165) is 36.5 Å². The van der Waals surface area contributed by atoms with Gasteiger partial charge in [-0.25, -0.2) is 8.42 Å². The summed E-state index contributed by atoms with van der Waals surface area (Å²) in [6, 6.07) is 13.9. The Hall–Kier alpha value is -2.97. The maximum Gasteiger partial charge on any atom is 0.264 e. The molecule has 0 bridgehead atoms. The van der Waals surface area contributed by atoms with Crippen LogP contribution in [-0.4, -0.2) is 61.3 Å². The third kappa shape index (κ3) is 4.65. The minimum absolute atomic E-state index is 0.00346. The second-order valence-corrected chi connectivity index (χ2v) is 11.2. The second kappa shape index (κ2) is 9.00. The number of hydrogen-bond acceptors (Lipinski definition) is 5. The summed E-state index contributed by atoms with van der Waals surface area (Å²) in [6.45, 7) is 7.62. The first-order valence-electron chi connectivity index (χ1n) is 11.8. The number of carbonyl (C=O) groups is 1. The fourth-order valence-corrected chi connectivity index (χ4v) is 6.02. The lowest BCUT2D eigenvalue weighted by atomic mass is 10.0. The zero-order valence-corrected chi connectivity index (χ0v) is 20.4. The van der Waals surface area contributed by atoms with Gasteiger partial charge in [0.15, 0.2) is 0 Å². The molecule has 178 valence electrons. The van der Waals surface area contributed by atoms with Gasteiger partial charge in [-0.3, -0.25) is 19.4 Å². The third-order valence-electron chi connectivity index (χ3n) is 6.78. The van der Waals surface area contributed by atoms with E-state index in [0.29, 0.717) is 23.3 Å². The molecule has 7 nitrogen and oxygen atoms in total. The molecule has 2 heterocycles. The Kier molecular flexibility index (Phi) is 6.04. The van der Waals surface area contributed by atoms with Gasteiger partial charge in [-0.2, -0.15) is 0 Å². The Labute approximate surface area is 200 Å². The molecular formula is C26H30N4O3S. The molecule has 1 aromatic heterocycles. The minimum atomic E-state index is -3.84. The number of carbonyl (C=O) groups excluding carboxylic acids is 1. The van der Waals surface area contributed by atoms with Crippen LogP contribution in [0.4, 0.5) is 5.69 Å². The van der Waals surface area contributed by atoms with E-state index in [4.69, 9.17) is 0 Å². The minimum Gasteiger partial charge on any atom is -0.333 e. The second-order valence-electron chi connectivity index (χ2n) is 9.52. The maximum atomic E-state index is 13.3. The largest absolute Gasteiger partial charge is 0.333 e. The lowest BCUT2D eigenvalue weighted by molar-refractivity contribution is 0.0481. The first kappa shape index (κ1) is 22.8. The van der Waals surface area contributed by atoms with Crippen LogP contribution < -0.4 is 4.72 Å². The van der Waals surface area contributed by atoms with Gasteiger partial charge >= 0.3 is 0 Å². The number of hydrogen-bond donors (Lipinski definition) is 1. The summed E-state index contributed by atoms with van der Waals surface area (Å²) < 4.78 is 28.9. The molecule has 0 radical (unpaired) electrons. The van der Waals surface area contributed by atoms with Crippen LogP contribution in [0.2, 0.25) is 0 Å². The van der Waals surface area contributed by atoms with Crippen molar-refractivity contribution >= 4 is 32.5 Å². The number of amides is 1. The average Bonchev–Trinajstić information content (AvgIpc) is 3.62. The lowest BCUT2D eigenvalue weighted by Gasteiger charge is -2.40. The Bertz CT molecular complexity index is 1330. The van der Waals surface area contributed by atoms with Crippen molar-refractivity contribution in [1.82, 2.24) is 14.8 Å². The summed E-state index contributed by atoms with van der Waals surface area (Å²) in [5.41, 5.74) is 2.20. The van der Waals surface area contributed by atoms with Crippen LogP contribution in [0.15, 0.2) is 59.6 Å². The van der Waals surface area contributed by atoms with Gasteiger partial charge in [-0.1, -0.05) is 18.2 Å². The molecule has 1 N–H and O–H groups in total. The normalized spacial score (nSPS) is 19.4. The van der Waals surface area contributed by atoms with Gasteiger partial charge < -0.3 is 4.90 Å². The zero-order valence-electron chi connectivity index (χ0n) is 19.6. The van der Waals surface area contributed by atoms with E-state index < -0.39 is 10.0 Å². The van der Waals surface area contributed by atoms with Crippen molar-refractivity contribution in [2.45, 2.75) is 37.6 Å². The van der Waals surface area contributed by atoms with Crippen molar-refractivity contribution in [2.24, 2.45) is 5.92 Å². The standard InChI is InChI=1S/C26H30N4O3S/c1-18-15-22(28-34(32,33)24-7-3-5-21-6-4-12-27-25(21)24)10-11-23(18)26(31)30-14-13-29(16-19(30)2)17-20-8-9-20/h3-7,10-12,15,19-20,28H,8-9,13-14,16-17H2,1-2H3/t19-/m0/s1. The molecule has 3 aromatic rings. The van der Waals surface area contributed by atoms with Crippen LogP contribution in [-0.2, 0) is 10.0 Å². The monoisotopic (exact) mass is 478 g/mol. The highest BCUT2D eigenvalue weighted by molar-refractivity contribution is 7.93. The van der Waals surface area contributed by atoms with Gasteiger partial charge in [0, 0.05) is 55.1 Å². The quantitative estimate of drug-likeness (QED) is 0.581. The number of aromatic nitrogens is 1. The molecule has 1 aliphatic carbocycles. The van der Waals surface area contributed by atoms with Crippen LogP contribution >= 0.6 is 0 Å². The average molecular weight is 479 g/mol. The van der Waals surface area contributed by atoms with Crippen molar-refractivity contribution in [3.8, 4) is 0 Å². The lowest BCUT2D eigenvalue weighted by Crippen LogP contribution is -2.54. The summed E-state index contributed by atoms with van der Waals surface area (Å²) in [5, 5.41) is 0.758. The molecule has 1 atom stereocenters. The van der Waals surface area contributed by atoms with Crippen molar-refractivity contribution in [3.63, 3.8) is 0 Å². The van der Waals surface area contributed by atoms with E-state index in [9.17, 15) is 13.2 Å². The van der Waals surface area contributed by atoms with Gasteiger partial charge in [0.2, 0.25) is 0 Å². The number of sulfonamides is 1. The number of anilines is 1. The highest BCUT2D eigenvalue weighted by atomic mass is 32.2. The predicted octanol–water partition coefficient (Wildman–Crippen LogP) is 3.90. The molecule has 2 fully saturated rings. The fraction of sp³-hybridized carbons (Fsp3) is 0.385. The number of aryl methyl sites for hydroxylation is 1. The van der Waals surface area contributed by atoms with Crippen LogP contribution in [0.5, 0.6) is 0 Å². The number of nitrogens with zero attached hydrogens (tertiary/aromatic N) is 3. The van der Waals surface area contributed by atoms with Crippen LogP contribution in [0.3, 0.4) is 0 Å². The summed E-state index contributed by atoms with van der Waals surface area (Å²) in [5.74, 6) is 0.849. The number of pyridine rings is 1. The summed E-state index contributed by atoms with van der Waals surface area (Å²) in [7, 11) is -3.84. The van der Waals surface area contributed by atoms with Gasteiger partial charge in [-0.05, 0) is 68.5 Å². The highest BCUT2D eigenvalue weighted by Gasteiger charge is 2.32. The Morgan fingerprint density at radius 1 is 1.12 bits per heavy atom. The fourth-order valence-electron chi connectivity index (χ4n) is 4.79. The molecule has 34 heavy (non-hydrogen) atoms. The SMILES string of the molecule is Cc1cc(NS(=O)(=O)c2cccc3cccnc23)ccc1C(=O)N1CCN(CC2CC2)C[C@@H]1C. The Balaban J connectivity index is 1.32. The van der Waals surface area contributed by atoms with E-state index in [1.165, 1.54) is 12.8 Å². The van der Waals surface area contributed by atoms with Gasteiger partial charge in [0.05, 0.1) is 5.52 Å². The first-order chi connectivity index (χ1) is 16.3. The summed E-state index contributed by atoms with van der Waals surface area (Å²) in [4.78, 5) is 22.1. The summed E-state index contributed by atoms with van der Waals surface area (Å²) >= 11 is 0. The van der Waals surface area contributed by atoms with Crippen molar-refractivity contribution in [2.75, 3.05) is 30.9 Å². The topological polar surface area (TPSA) is 82.6 Å². The number of fused-ring (bicyclic) bond motifs is 1. The van der Waals surface area contributed by atoms with E-state index >= 15 is 0 Å². The van der Waals surface area contributed by atoms with Gasteiger partial charge in [0.1, 0.15) is 4.90 Å². The maximum absolute atomic E-state index is 13.3. The van der Waals surface area contributed by atoms with Crippen LogP contribution in [0.25, 0.3) is 10.9 Å². The Morgan fingerprint density at radius 3 is 2.65 bits per heavy atom. The molecule has 0 spiro atoms. The Morgan fingerprint density at radius 2 is 1.91 bits per heavy atom. The molecule has 0 unspecified atom stereocenters. The molecule has 1 aliphatic heterocycles. The van der Waals surface area contributed by atoms with Crippen molar-refractivity contribution < 1.29 is 13.2 Å². The predicted molar refractivity (Wildman–Crippen MR) is 133 cm³/mol. The molecule has 2 aliphatic rings. The van der Waals surface area contributed by atoms with E-state index in [-0.39, 0.29) is 16.8 Å². The number of nitrogens with one attached hydrogen (secondary N) is 1. The van der Waals surface area contributed by atoms with Gasteiger partial charge in [-0.15, -0.1) is 0 Å². The summed E-state index contributed by atoms with van der Waals surface area (Å²) in [6.07, 6.45) is 4.25. The van der Waals surface area contributed by atoms with Crippen LogP contribution in [0, 0.1) is 12.8 Å². The van der Waals surface area contributed by atoms with Crippen molar-refractivity contribution in [1.29, 1.82) is 0 Å². The van der Waals surface area contributed by atoms with E-state index in [2.05, 4.69) is 21.5 Å². The number of piperazine rings is 1. The van der Waals surface area contributed by atoms with Crippen molar-refractivity contribution in [3.05, 3.63) is 65.9 Å².